The topological polar surface area (TPSA) is 60.0 Å². The molecular weight excluding hydrogens is 210 g/mol. The molecule has 0 spiro atoms. The third-order valence-corrected chi connectivity index (χ3v) is 1.74. The van der Waals surface area contributed by atoms with Crippen LogP contribution >= 0.6 is 0 Å². The van der Waals surface area contributed by atoms with Crippen LogP contribution in [-0.2, 0) is 14.2 Å². The van der Waals surface area contributed by atoms with Crippen molar-refractivity contribution in [3.05, 3.63) is 0 Å². The first kappa shape index (κ1) is 15.8. The number of rotatable bonds is 8. The highest BCUT2D eigenvalue weighted by molar-refractivity contribution is 4.67. The van der Waals surface area contributed by atoms with E-state index in [1.54, 1.807) is 0 Å². The summed E-state index contributed by atoms with van der Waals surface area (Å²) in [6, 6.07) is 0. The smallest absolute Gasteiger partial charge is 0.278 e. The first-order valence-corrected chi connectivity index (χ1v) is 5.60. The molecule has 0 fully saturated rings. The maximum Gasteiger partial charge on any atom is 0.278 e. The van der Waals surface area contributed by atoms with Gasteiger partial charge in [0.2, 0.25) is 0 Å². The summed E-state index contributed by atoms with van der Waals surface area (Å²) in [5, 5.41) is 12.8. The summed E-state index contributed by atoms with van der Waals surface area (Å²) in [7, 11) is 0. The molecule has 0 aromatic carbocycles. The Morgan fingerprint density at radius 2 is 1.69 bits per heavy atom. The molecule has 0 bridgehead atoms. The molecule has 0 aromatic heterocycles. The quantitative estimate of drug-likeness (QED) is 0.487. The van der Waals surface area contributed by atoms with Gasteiger partial charge in [0.1, 0.15) is 6.73 Å². The minimum absolute atomic E-state index is 0.0542. The molecule has 16 heavy (non-hydrogen) atoms. The Bertz CT molecular complexity index is 177. The molecule has 0 saturated heterocycles. The zero-order valence-electron chi connectivity index (χ0n) is 11.0. The van der Waals surface area contributed by atoms with Crippen LogP contribution in [0.3, 0.4) is 0 Å². The number of ether oxygens (including phenoxy) is 3. The van der Waals surface area contributed by atoms with Crippen LogP contribution in [0, 0.1) is 0 Å². The summed E-state index contributed by atoms with van der Waals surface area (Å²) in [4.78, 5) is 0. The van der Waals surface area contributed by atoms with E-state index in [9.17, 15) is 5.11 Å². The number of hydrogen-bond acceptors (Lipinski definition) is 5. The van der Waals surface area contributed by atoms with Gasteiger partial charge in [0.15, 0.2) is 0 Å². The summed E-state index contributed by atoms with van der Waals surface area (Å²) in [5.74, 6) is -1.57. The molecule has 2 N–H and O–H groups in total. The van der Waals surface area contributed by atoms with Crippen molar-refractivity contribution in [3.8, 4) is 0 Å². The molecule has 0 aliphatic heterocycles. The molecular formula is C11H25NO4. The van der Waals surface area contributed by atoms with Crippen molar-refractivity contribution in [2.45, 2.75) is 46.1 Å². The minimum Gasteiger partial charge on any atom is -0.379 e. The summed E-state index contributed by atoms with van der Waals surface area (Å²) < 4.78 is 15.3. The fourth-order valence-corrected chi connectivity index (χ4v) is 0.862. The fourth-order valence-electron chi connectivity index (χ4n) is 0.862. The average molecular weight is 235 g/mol. The van der Waals surface area contributed by atoms with Gasteiger partial charge in [-0.25, -0.2) is 0 Å². The van der Waals surface area contributed by atoms with E-state index in [-0.39, 0.29) is 12.3 Å². The van der Waals surface area contributed by atoms with Crippen molar-refractivity contribution in [1.29, 1.82) is 0 Å². The molecule has 0 aliphatic rings. The van der Waals surface area contributed by atoms with Crippen LogP contribution in [0.15, 0.2) is 0 Å². The Hall–Kier alpha value is -0.200. The molecule has 0 saturated carbocycles. The monoisotopic (exact) mass is 235 g/mol. The third-order valence-electron chi connectivity index (χ3n) is 1.74. The van der Waals surface area contributed by atoms with Crippen LogP contribution < -0.4 is 5.32 Å². The molecule has 0 amide bonds. The van der Waals surface area contributed by atoms with E-state index in [0.29, 0.717) is 19.8 Å². The highest BCUT2D eigenvalue weighted by Crippen LogP contribution is 2.07. The lowest BCUT2D eigenvalue weighted by molar-refractivity contribution is -0.353. The Labute approximate surface area is 98.1 Å². The van der Waals surface area contributed by atoms with Gasteiger partial charge in [-0.3, -0.25) is 5.32 Å². The summed E-state index contributed by atoms with van der Waals surface area (Å²) >= 11 is 0. The van der Waals surface area contributed by atoms with E-state index >= 15 is 0 Å². The number of nitrogens with one attached hydrogen (secondary N) is 1. The van der Waals surface area contributed by atoms with Crippen LogP contribution in [0.4, 0.5) is 0 Å². The van der Waals surface area contributed by atoms with Crippen LogP contribution in [0.2, 0.25) is 0 Å². The Morgan fingerprint density at radius 1 is 1.06 bits per heavy atom. The van der Waals surface area contributed by atoms with Crippen molar-refractivity contribution in [2.75, 3.05) is 26.6 Å². The van der Waals surface area contributed by atoms with Crippen LogP contribution in [0.5, 0.6) is 0 Å². The van der Waals surface area contributed by atoms with Crippen LogP contribution in [-0.4, -0.2) is 43.2 Å². The van der Waals surface area contributed by atoms with Crippen LogP contribution in [0.25, 0.3) is 0 Å². The standard InChI is InChI=1S/C11H25NO4/c1-6-14-7-8-15-11(5,13)16-9-12-10(2,3)4/h12-13H,6-9H2,1-5H3. The Kier molecular flexibility index (Phi) is 7.10. The molecule has 5 nitrogen and oxygen atoms in total. The molecule has 0 radical (unpaired) electrons. The van der Waals surface area contributed by atoms with Crippen molar-refractivity contribution in [1.82, 2.24) is 5.32 Å². The zero-order chi connectivity index (χ0) is 12.7. The van der Waals surface area contributed by atoms with Gasteiger partial charge in [0.05, 0.1) is 13.2 Å². The van der Waals surface area contributed by atoms with Gasteiger partial charge in [-0.05, 0) is 27.7 Å². The first-order chi connectivity index (χ1) is 7.27. The lowest BCUT2D eigenvalue weighted by atomic mass is 10.1. The fraction of sp³-hybridized carbons (Fsp3) is 1.00. The number of hydrogen-bond donors (Lipinski definition) is 2. The van der Waals surface area contributed by atoms with Crippen molar-refractivity contribution < 1.29 is 19.3 Å². The molecule has 0 heterocycles. The maximum absolute atomic E-state index is 9.67. The molecule has 98 valence electrons. The van der Waals surface area contributed by atoms with E-state index in [1.165, 1.54) is 6.92 Å². The van der Waals surface area contributed by atoms with Gasteiger partial charge in [0, 0.05) is 19.1 Å². The van der Waals surface area contributed by atoms with Crippen molar-refractivity contribution in [2.24, 2.45) is 0 Å². The highest BCUT2D eigenvalue weighted by Gasteiger charge is 2.22. The van der Waals surface area contributed by atoms with E-state index in [0.717, 1.165) is 0 Å². The number of aliphatic hydroxyl groups is 1. The van der Waals surface area contributed by atoms with E-state index in [1.807, 2.05) is 27.7 Å². The summed E-state index contributed by atoms with van der Waals surface area (Å²) in [5.41, 5.74) is -0.0542. The first-order valence-electron chi connectivity index (χ1n) is 5.60. The maximum atomic E-state index is 9.67. The molecule has 5 heteroatoms. The second kappa shape index (κ2) is 7.19. The largest absolute Gasteiger partial charge is 0.379 e. The van der Waals surface area contributed by atoms with Crippen molar-refractivity contribution >= 4 is 0 Å². The van der Waals surface area contributed by atoms with E-state index < -0.39 is 5.97 Å². The highest BCUT2D eigenvalue weighted by atomic mass is 16.8. The second-order valence-electron chi connectivity index (χ2n) is 4.66. The average Bonchev–Trinajstić information content (AvgIpc) is 2.10. The van der Waals surface area contributed by atoms with Gasteiger partial charge >= 0.3 is 0 Å². The SMILES string of the molecule is CCOCCOC(C)(O)OCNC(C)(C)C. The molecule has 0 aromatic rings. The predicted molar refractivity (Wildman–Crippen MR) is 61.9 cm³/mol. The zero-order valence-corrected chi connectivity index (χ0v) is 11.0. The third kappa shape index (κ3) is 10.3. The summed E-state index contributed by atoms with van der Waals surface area (Å²) in [6.45, 7) is 11.0. The lowest BCUT2D eigenvalue weighted by Gasteiger charge is -2.27. The molecule has 1 atom stereocenters. The van der Waals surface area contributed by atoms with E-state index in [2.05, 4.69) is 5.32 Å². The normalized spacial score (nSPS) is 16.1. The summed E-state index contributed by atoms with van der Waals surface area (Å²) in [6.07, 6.45) is 0. The predicted octanol–water partition coefficient (Wildman–Crippen LogP) is 1.07. The van der Waals surface area contributed by atoms with Gasteiger partial charge in [-0.1, -0.05) is 0 Å². The van der Waals surface area contributed by atoms with Crippen LogP contribution in [0.1, 0.15) is 34.6 Å². The molecule has 1 unspecified atom stereocenters. The second-order valence-corrected chi connectivity index (χ2v) is 4.66. The lowest BCUT2D eigenvalue weighted by Crippen LogP contribution is -2.42. The Balaban J connectivity index is 3.62. The minimum atomic E-state index is -1.57. The van der Waals surface area contributed by atoms with Gasteiger partial charge in [-0.15, -0.1) is 0 Å². The van der Waals surface area contributed by atoms with Gasteiger partial charge in [0.25, 0.3) is 5.97 Å². The molecule has 0 aliphatic carbocycles. The van der Waals surface area contributed by atoms with Gasteiger partial charge in [-0.2, -0.15) is 0 Å². The van der Waals surface area contributed by atoms with Gasteiger partial charge < -0.3 is 19.3 Å². The molecule has 0 rings (SSSR count). The Morgan fingerprint density at radius 3 is 2.19 bits per heavy atom. The van der Waals surface area contributed by atoms with E-state index in [4.69, 9.17) is 14.2 Å². The van der Waals surface area contributed by atoms with Crippen molar-refractivity contribution in [3.63, 3.8) is 0 Å².